The molecular formula is C13H17BrN2O. The number of halogens is 1. The fraction of sp³-hybridized carbons (Fsp3) is 0.462. The molecule has 2 N–H and O–H groups in total. The second-order valence-electron chi connectivity index (χ2n) is 4.55. The van der Waals surface area contributed by atoms with E-state index in [1.54, 1.807) is 0 Å². The highest BCUT2D eigenvalue weighted by molar-refractivity contribution is 9.09. The van der Waals surface area contributed by atoms with Gasteiger partial charge in [0.05, 0.1) is 11.0 Å². The van der Waals surface area contributed by atoms with Crippen LogP contribution in [0.2, 0.25) is 0 Å². The van der Waals surface area contributed by atoms with Gasteiger partial charge in [-0.1, -0.05) is 42.3 Å². The van der Waals surface area contributed by atoms with Crippen molar-refractivity contribution >= 4 is 27.0 Å². The first kappa shape index (κ1) is 12.4. The van der Waals surface area contributed by atoms with Crippen molar-refractivity contribution < 1.29 is 0 Å². The van der Waals surface area contributed by atoms with E-state index >= 15 is 0 Å². The molecule has 0 saturated carbocycles. The van der Waals surface area contributed by atoms with E-state index in [1.807, 2.05) is 12.1 Å². The summed E-state index contributed by atoms with van der Waals surface area (Å²) in [5.41, 5.74) is 2.81. The monoisotopic (exact) mass is 296 g/mol. The van der Waals surface area contributed by atoms with Crippen LogP contribution in [0, 0.1) is 5.92 Å². The highest BCUT2D eigenvalue weighted by atomic mass is 79.9. The first-order valence-electron chi connectivity index (χ1n) is 5.98. The lowest BCUT2D eigenvalue weighted by atomic mass is 9.96. The van der Waals surface area contributed by atoms with Gasteiger partial charge in [-0.25, -0.2) is 4.79 Å². The molecule has 0 radical (unpaired) electrons. The zero-order valence-electron chi connectivity index (χ0n) is 10.1. The highest BCUT2D eigenvalue weighted by Crippen LogP contribution is 2.34. The third-order valence-corrected chi connectivity index (χ3v) is 4.53. The molecule has 0 aliphatic heterocycles. The summed E-state index contributed by atoms with van der Waals surface area (Å²) in [5.74, 6) is 0.586. The fourth-order valence-corrected chi connectivity index (χ4v) is 2.70. The van der Waals surface area contributed by atoms with Gasteiger partial charge in [-0.05, 0) is 30.0 Å². The number of hydrogen-bond acceptors (Lipinski definition) is 1. The maximum Gasteiger partial charge on any atom is 0.323 e. The highest BCUT2D eigenvalue weighted by Gasteiger charge is 2.15. The van der Waals surface area contributed by atoms with Gasteiger partial charge in [0.15, 0.2) is 0 Å². The summed E-state index contributed by atoms with van der Waals surface area (Å²) >= 11 is 3.74. The Balaban J connectivity index is 2.32. The minimum absolute atomic E-state index is 0.148. The quantitative estimate of drug-likeness (QED) is 0.830. The molecule has 0 amide bonds. The molecule has 3 nitrogen and oxygen atoms in total. The molecule has 0 aliphatic carbocycles. The molecule has 0 spiro atoms. The van der Waals surface area contributed by atoms with E-state index in [2.05, 4.69) is 45.8 Å². The van der Waals surface area contributed by atoms with Gasteiger partial charge < -0.3 is 9.97 Å². The number of benzene rings is 1. The van der Waals surface area contributed by atoms with Crippen LogP contribution in [-0.4, -0.2) is 9.97 Å². The summed E-state index contributed by atoms with van der Waals surface area (Å²) in [5, 5.41) is 0. The van der Waals surface area contributed by atoms with E-state index in [1.165, 1.54) is 18.4 Å². The van der Waals surface area contributed by atoms with Gasteiger partial charge in [0, 0.05) is 4.83 Å². The molecule has 2 aromatic rings. The number of alkyl halides is 1. The molecule has 0 bridgehead atoms. The molecule has 92 valence electrons. The van der Waals surface area contributed by atoms with Crippen molar-refractivity contribution in [3.05, 3.63) is 34.2 Å². The van der Waals surface area contributed by atoms with E-state index in [0.29, 0.717) is 10.7 Å². The minimum atomic E-state index is -0.148. The predicted molar refractivity (Wildman–Crippen MR) is 74.7 cm³/mol. The van der Waals surface area contributed by atoms with E-state index in [4.69, 9.17) is 0 Å². The third-order valence-electron chi connectivity index (χ3n) is 3.10. The number of nitrogens with one attached hydrogen (secondary N) is 2. The van der Waals surface area contributed by atoms with Crippen LogP contribution in [0.5, 0.6) is 0 Å². The van der Waals surface area contributed by atoms with E-state index in [9.17, 15) is 4.79 Å². The van der Waals surface area contributed by atoms with Gasteiger partial charge in [-0.15, -0.1) is 0 Å². The minimum Gasteiger partial charge on any atom is -0.306 e. The standard InChI is InChI=1S/C13H17BrN2O/c1-3-4-8(2)12(14)9-5-6-10-11(7-9)16-13(17)15-10/h5-8,12H,3-4H2,1-2H3,(H2,15,16,17). The zero-order chi connectivity index (χ0) is 12.4. The molecule has 1 heterocycles. The van der Waals surface area contributed by atoms with Crippen molar-refractivity contribution in [2.75, 3.05) is 0 Å². The molecular weight excluding hydrogens is 280 g/mol. The Bertz CT molecular complexity index is 558. The summed E-state index contributed by atoms with van der Waals surface area (Å²) in [6, 6.07) is 6.06. The number of fused-ring (bicyclic) bond motifs is 1. The average molecular weight is 297 g/mol. The van der Waals surface area contributed by atoms with Crippen molar-refractivity contribution in [2.24, 2.45) is 5.92 Å². The summed E-state index contributed by atoms with van der Waals surface area (Å²) < 4.78 is 0. The Morgan fingerprint density at radius 2 is 2.00 bits per heavy atom. The molecule has 0 fully saturated rings. The second-order valence-corrected chi connectivity index (χ2v) is 5.54. The van der Waals surface area contributed by atoms with Crippen LogP contribution in [-0.2, 0) is 0 Å². The lowest BCUT2D eigenvalue weighted by Crippen LogP contribution is -2.03. The summed E-state index contributed by atoms with van der Waals surface area (Å²) in [7, 11) is 0. The van der Waals surface area contributed by atoms with E-state index < -0.39 is 0 Å². The topological polar surface area (TPSA) is 48.6 Å². The van der Waals surface area contributed by atoms with E-state index in [-0.39, 0.29) is 5.69 Å². The molecule has 2 atom stereocenters. The molecule has 2 rings (SSSR count). The van der Waals surface area contributed by atoms with Gasteiger partial charge in [-0.2, -0.15) is 0 Å². The number of rotatable bonds is 4. The van der Waals surface area contributed by atoms with Crippen molar-refractivity contribution in [3.63, 3.8) is 0 Å². The second kappa shape index (κ2) is 5.08. The molecule has 2 unspecified atom stereocenters. The summed E-state index contributed by atoms with van der Waals surface area (Å²) in [6.07, 6.45) is 2.38. The fourth-order valence-electron chi connectivity index (χ4n) is 2.15. The van der Waals surface area contributed by atoms with Crippen LogP contribution < -0.4 is 5.69 Å². The molecule has 1 aromatic carbocycles. The number of hydrogen-bond donors (Lipinski definition) is 2. The van der Waals surface area contributed by atoms with Crippen molar-refractivity contribution in [3.8, 4) is 0 Å². The normalized spacial score (nSPS) is 15.0. The van der Waals surface area contributed by atoms with Gasteiger partial charge in [0.25, 0.3) is 0 Å². The van der Waals surface area contributed by atoms with Crippen LogP contribution >= 0.6 is 15.9 Å². The van der Waals surface area contributed by atoms with Crippen molar-refractivity contribution in [2.45, 2.75) is 31.5 Å². The Hall–Kier alpha value is -1.03. The third kappa shape index (κ3) is 2.63. The first-order valence-corrected chi connectivity index (χ1v) is 6.89. The number of imidazole rings is 1. The Morgan fingerprint density at radius 1 is 1.29 bits per heavy atom. The van der Waals surface area contributed by atoms with Gasteiger partial charge >= 0.3 is 5.69 Å². The lowest BCUT2D eigenvalue weighted by Gasteiger charge is -2.17. The van der Waals surface area contributed by atoms with Crippen LogP contribution in [0.4, 0.5) is 0 Å². The zero-order valence-corrected chi connectivity index (χ0v) is 11.7. The van der Waals surface area contributed by atoms with Gasteiger partial charge in [0.2, 0.25) is 0 Å². The first-order chi connectivity index (χ1) is 8.11. The predicted octanol–water partition coefficient (Wildman–Crippen LogP) is 3.73. The summed E-state index contributed by atoms with van der Waals surface area (Å²) in [4.78, 5) is 17.1. The Labute approximate surface area is 109 Å². The van der Waals surface area contributed by atoms with Gasteiger partial charge in [0.1, 0.15) is 0 Å². The maximum absolute atomic E-state index is 11.2. The smallest absolute Gasteiger partial charge is 0.306 e. The average Bonchev–Trinajstić information content (AvgIpc) is 2.67. The molecule has 1 aromatic heterocycles. The lowest BCUT2D eigenvalue weighted by molar-refractivity contribution is 0.519. The summed E-state index contributed by atoms with van der Waals surface area (Å²) in [6.45, 7) is 4.44. The molecule has 0 aliphatic rings. The Kier molecular flexibility index (Phi) is 3.72. The SMILES string of the molecule is CCCC(C)C(Br)c1ccc2[nH]c(=O)[nH]c2c1. The van der Waals surface area contributed by atoms with Crippen molar-refractivity contribution in [1.82, 2.24) is 9.97 Å². The van der Waals surface area contributed by atoms with Crippen LogP contribution in [0.15, 0.2) is 23.0 Å². The van der Waals surface area contributed by atoms with Crippen LogP contribution in [0.3, 0.4) is 0 Å². The van der Waals surface area contributed by atoms with Crippen LogP contribution in [0.1, 0.15) is 37.1 Å². The van der Waals surface area contributed by atoms with Crippen LogP contribution in [0.25, 0.3) is 11.0 Å². The number of aromatic nitrogens is 2. The number of H-pyrrole nitrogens is 2. The molecule has 4 heteroatoms. The van der Waals surface area contributed by atoms with Gasteiger partial charge in [-0.3, -0.25) is 0 Å². The maximum atomic E-state index is 11.2. The van der Waals surface area contributed by atoms with E-state index in [0.717, 1.165) is 11.0 Å². The Morgan fingerprint density at radius 3 is 2.71 bits per heavy atom. The molecule has 17 heavy (non-hydrogen) atoms. The largest absolute Gasteiger partial charge is 0.323 e. The van der Waals surface area contributed by atoms with Crippen molar-refractivity contribution in [1.29, 1.82) is 0 Å². The number of aromatic amines is 2. The molecule has 0 saturated heterocycles.